The number of aryl methyl sites for hydroxylation is 1. The molecule has 5 heteroatoms. The first-order chi connectivity index (χ1) is 14.0. The molecule has 0 N–H and O–H groups in total. The van der Waals surface area contributed by atoms with Crippen LogP contribution in [0.25, 0.3) is 21.9 Å². The predicted octanol–water partition coefficient (Wildman–Crippen LogP) is 5.57. The summed E-state index contributed by atoms with van der Waals surface area (Å²) in [6.07, 6.45) is 0.0333. The van der Waals surface area contributed by atoms with Crippen molar-refractivity contribution >= 4 is 39.0 Å². The van der Waals surface area contributed by atoms with Gasteiger partial charge in [-0.1, -0.05) is 18.2 Å². The quantitative estimate of drug-likeness (QED) is 0.433. The summed E-state index contributed by atoms with van der Waals surface area (Å²) in [6.45, 7) is 4.20. The molecule has 0 radical (unpaired) electrons. The minimum Gasteiger partial charge on any atom is -0.456 e. The predicted molar refractivity (Wildman–Crippen MR) is 114 cm³/mol. The third kappa shape index (κ3) is 2.31. The molecule has 0 amide bonds. The number of hydrogen-bond acceptors (Lipinski definition) is 5. The summed E-state index contributed by atoms with van der Waals surface area (Å²) in [5.41, 5.74) is 6.52. The third-order valence-corrected chi connectivity index (χ3v) is 5.88. The first-order valence-electron chi connectivity index (χ1n) is 9.45. The van der Waals surface area contributed by atoms with Crippen LogP contribution >= 0.6 is 0 Å². The Morgan fingerprint density at radius 3 is 2.28 bits per heavy atom. The average molecular weight is 378 g/mol. The van der Waals surface area contributed by atoms with Crippen LogP contribution in [0, 0.1) is 29.6 Å². The van der Waals surface area contributed by atoms with Gasteiger partial charge in [0.1, 0.15) is 29.5 Å². The molecular weight excluding hydrogens is 360 g/mol. The number of furan rings is 1. The Labute approximate surface area is 168 Å². The first kappa shape index (κ1) is 17.2. The molecule has 0 spiro atoms. The van der Waals surface area contributed by atoms with Crippen molar-refractivity contribution in [2.45, 2.75) is 20.0 Å². The summed E-state index contributed by atoms with van der Waals surface area (Å²) in [7, 11) is 2.01. The highest BCUT2D eigenvalue weighted by molar-refractivity contribution is 6.06. The Morgan fingerprint density at radius 1 is 0.862 bits per heavy atom. The van der Waals surface area contributed by atoms with Crippen LogP contribution in [0.2, 0.25) is 0 Å². The lowest BCUT2D eigenvalue weighted by molar-refractivity contribution is 0.668. The van der Waals surface area contributed by atoms with E-state index in [1.54, 1.807) is 6.07 Å². The lowest BCUT2D eigenvalue weighted by Gasteiger charge is -2.29. The standard InChI is InChI=1S/C24H18N4O/c1-14-8-19-18-6-4-5-7-23(18)29-24(19)11-20(14)28-15(2)27(3)21-9-16(12-25)17(13-26)10-22(21)28/h4-11,15H,1-3H3/t15-/m0/s1. The number of fused-ring (bicyclic) bond motifs is 4. The van der Waals surface area contributed by atoms with Crippen LogP contribution < -0.4 is 9.80 Å². The van der Waals surface area contributed by atoms with Gasteiger partial charge in [0.2, 0.25) is 0 Å². The van der Waals surface area contributed by atoms with E-state index >= 15 is 0 Å². The number of benzene rings is 3. The lowest BCUT2D eigenvalue weighted by Crippen LogP contribution is -2.35. The fourth-order valence-corrected chi connectivity index (χ4v) is 4.27. The van der Waals surface area contributed by atoms with Crippen LogP contribution in [-0.2, 0) is 0 Å². The van der Waals surface area contributed by atoms with Gasteiger partial charge in [-0.2, -0.15) is 10.5 Å². The van der Waals surface area contributed by atoms with Crippen molar-refractivity contribution < 1.29 is 4.42 Å². The Bertz CT molecular complexity index is 1390. The molecule has 3 aromatic carbocycles. The fourth-order valence-electron chi connectivity index (χ4n) is 4.27. The molecule has 1 aromatic heterocycles. The minimum absolute atomic E-state index is 0.0333. The molecule has 1 atom stereocenters. The van der Waals surface area contributed by atoms with Gasteiger partial charge in [-0.15, -0.1) is 0 Å². The topological polar surface area (TPSA) is 67.2 Å². The molecule has 140 valence electrons. The number of anilines is 3. The van der Waals surface area contributed by atoms with E-state index in [2.05, 4.69) is 54.0 Å². The highest BCUT2D eigenvalue weighted by Gasteiger charge is 2.34. The van der Waals surface area contributed by atoms with E-state index < -0.39 is 0 Å². The van der Waals surface area contributed by atoms with E-state index in [-0.39, 0.29) is 6.17 Å². The number of para-hydroxylation sites is 1. The van der Waals surface area contributed by atoms with Crippen molar-refractivity contribution in [2.75, 3.05) is 16.8 Å². The Morgan fingerprint density at radius 2 is 1.55 bits per heavy atom. The molecule has 29 heavy (non-hydrogen) atoms. The highest BCUT2D eigenvalue weighted by atomic mass is 16.3. The highest BCUT2D eigenvalue weighted by Crippen LogP contribution is 2.46. The molecule has 0 unspecified atom stereocenters. The van der Waals surface area contributed by atoms with Gasteiger partial charge in [0, 0.05) is 29.6 Å². The molecular formula is C24H18N4O. The van der Waals surface area contributed by atoms with Crippen molar-refractivity contribution in [1.29, 1.82) is 10.5 Å². The third-order valence-electron chi connectivity index (χ3n) is 5.88. The lowest BCUT2D eigenvalue weighted by atomic mass is 10.0. The maximum absolute atomic E-state index is 9.50. The van der Waals surface area contributed by atoms with Gasteiger partial charge in [0.15, 0.2) is 0 Å². The normalized spacial score (nSPS) is 15.6. The molecule has 0 saturated heterocycles. The first-order valence-corrected chi connectivity index (χ1v) is 9.45. The van der Waals surface area contributed by atoms with Gasteiger partial charge in [0.05, 0.1) is 22.5 Å². The molecule has 0 bridgehead atoms. The van der Waals surface area contributed by atoms with E-state index in [1.165, 1.54) is 0 Å². The molecule has 4 aromatic rings. The molecule has 5 rings (SSSR count). The van der Waals surface area contributed by atoms with E-state index in [9.17, 15) is 10.5 Å². The summed E-state index contributed by atoms with van der Waals surface area (Å²) < 4.78 is 6.10. The molecule has 5 nitrogen and oxygen atoms in total. The zero-order valence-electron chi connectivity index (χ0n) is 16.4. The van der Waals surface area contributed by atoms with Crippen LogP contribution in [-0.4, -0.2) is 13.2 Å². The van der Waals surface area contributed by atoms with E-state index in [0.717, 1.165) is 44.6 Å². The summed E-state index contributed by atoms with van der Waals surface area (Å²) in [5, 5.41) is 21.1. The number of hydrogen-bond donors (Lipinski definition) is 0. The molecule has 2 heterocycles. The number of nitrogens with zero attached hydrogens (tertiary/aromatic N) is 4. The van der Waals surface area contributed by atoms with Gasteiger partial charge in [-0.25, -0.2) is 0 Å². The number of nitriles is 2. The zero-order valence-corrected chi connectivity index (χ0v) is 16.4. The Hall–Kier alpha value is -3.96. The van der Waals surface area contributed by atoms with Crippen LogP contribution in [0.4, 0.5) is 17.1 Å². The van der Waals surface area contributed by atoms with Crippen LogP contribution in [0.3, 0.4) is 0 Å². The SMILES string of the molecule is Cc1cc2c(cc1N1c3cc(C#N)c(C#N)cc3N(C)[C@@H]1C)oc1ccccc12. The van der Waals surface area contributed by atoms with Gasteiger partial charge in [-0.3, -0.25) is 0 Å². The van der Waals surface area contributed by atoms with Crippen molar-refractivity contribution in [1.82, 2.24) is 0 Å². The molecule has 0 saturated carbocycles. The smallest absolute Gasteiger partial charge is 0.137 e. The van der Waals surface area contributed by atoms with E-state index in [0.29, 0.717) is 11.1 Å². The summed E-state index contributed by atoms with van der Waals surface area (Å²) in [6, 6.07) is 20.2. The zero-order chi connectivity index (χ0) is 20.3. The van der Waals surface area contributed by atoms with Crippen LogP contribution in [0.1, 0.15) is 23.6 Å². The number of rotatable bonds is 1. The van der Waals surface area contributed by atoms with Crippen LogP contribution in [0.15, 0.2) is 52.9 Å². The summed E-state index contributed by atoms with van der Waals surface area (Å²) >= 11 is 0. The van der Waals surface area contributed by atoms with Crippen molar-refractivity contribution in [3.05, 3.63) is 65.2 Å². The second-order valence-electron chi connectivity index (χ2n) is 7.46. The van der Waals surface area contributed by atoms with Gasteiger partial charge < -0.3 is 14.2 Å². The molecule has 1 aliphatic rings. The van der Waals surface area contributed by atoms with Gasteiger partial charge >= 0.3 is 0 Å². The monoisotopic (exact) mass is 378 g/mol. The fraction of sp³-hybridized carbons (Fsp3) is 0.167. The van der Waals surface area contributed by atoms with E-state index in [1.807, 2.05) is 31.3 Å². The molecule has 1 aliphatic heterocycles. The van der Waals surface area contributed by atoms with Crippen molar-refractivity contribution in [3.8, 4) is 12.1 Å². The van der Waals surface area contributed by atoms with Gasteiger partial charge in [0.25, 0.3) is 0 Å². The Balaban J connectivity index is 1.75. The average Bonchev–Trinajstić information content (AvgIpc) is 3.21. The largest absolute Gasteiger partial charge is 0.456 e. The molecule has 0 aliphatic carbocycles. The van der Waals surface area contributed by atoms with Crippen LogP contribution in [0.5, 0.6) is 0 Å². The second-order valence-corrected chi connectivity index (χ2v) is 7.46. The van der Waals surface area contributed by atoms with Gasteiger partial charge in [-0.05, 0) is 43.7 Å². The van der Waals surface area contributed by atoms with Crippen molar-refractivity contribution in [3.63, 3.8) is 0 Å². The molecule has 0 fully saturated rings. The maximum Gasteiger partial charge on any atom is 0.137 e. The maximum atomic E-state index is 9.50. The summed E-state index contributed by atoms with van der Waals surface area (Å²) in [5.74, 6) is 0. The van der Waals surface area contributed by atoms with Crippen molar-refractivity contribution in [2.24, 2.45) is 0 Å². The minimum atomic E-state index is 0.0333. The second kappa shape index (κ2) is 6.02. The Kier molecular flexibility index (Phi) is 3.56. The van der Waals surface area contributed by atoms with E-state index in [4.69, 9.17) is 4.42 Å². The summed E-state index contributed by atoms with van der Waals surface area (Å²) in [4.78, 5) is 4.33.